The summed E-state index contributed by atoms with van der Waals surface area (Å²) < 4.78 is 8.88. The maximum absolute atomic E-state index is 6.43. The van der Waals surface area contributed by atoms with Crippen LogP contribution in [0.15, 0.2) is 89.7 Å². The zero-order valence-corrected chi connectivity index (χ0v) is 18.4. The van der Waals surface area contributed by atoms with E-state index < -0.39 is 0 Å². The molecule has 0 spiro atoms. The number of ether oxygens (including phenoxy) is 1. The number of benzene rings is 2. The molecule has 0 saturated heterocycles. The minimum absolute atomic E-state index is 0.387. The van der Waals surface area contributed by atoms with Crippen LogP contribution in [-0.4, -0.2) is 4.57 Å². The lowest BCUT2D eigenvalue weighted by molar-refractivity contribution is 0.250. The van der Waals surface area contributed by atoms with Crippen molar-refractivity contribution in [1.82, 2.24) is 4.57 Å². The van der Waals surface area contributed by atoms with Crippen molar-refractivity contribution in [1.29, 1.82) is 0 Å². The van der Waals surface area contributed by atoms with Crippen molar-refractivity contribution < 1.29 is 4.74 Å². The molecule has 31 heavy (non-hydrogen) atoms. The number of rotatable bonds is 2. The number of para-hydroxylation sites is 1. The Bertz CT molecular complexity index is 1330. The molecular weight excluding hydrogens is 380 g/mol. The number of nitrogens with zero attached hydrogens (tertiary/aromatic N) is 2. The highest BCUT2D eigenvalue weighted by Gasteiger charge is 2.33. The van der Waals surface area contributed by atoms with Gasteiger partial charge < -0.3 is 14.2 Å². The van der Waals surface area contributed by atoms with Gasteiger partial charge in [0, 0.05) is 39.5 Å². The van der Waals surface area contributed by atoms with Crippen LogP contribution in [0.4, 0.5) is 5.69 Å². The molecule has 3 aromatic rings. The third kappa shape index (κ3) is 2.72. The van der Waals surface area contributed by atoms with E-state index in [4.69, 9.17) is 4.74 Å². The monoisotopic (exact) mass is 408 g/mol. The highest BCUT2D eigenvalue weighted by atomic mass is 16.5. The van der Waals surface area contributed by atoms with Crippen molar-refractivity contribution in [3.05, 3.63) is 89.7 Å². The minimum Gasteiger partial charge on any atom is -0.457 e. The van der Waals surface area contributed by atoms with E-state index in [9.17, 15) is 0 Å². The zero-order chi connectivity index (χ0) is 21.1. The number of fused-ring (bicyclic) bond motifs is 3. The molecule has 0 saturated carbocycles. The summed E-state index contributed by atoms with van der Waals surface area (Å²) in [6, 6.07) is 16.1. The van der Waals surface area contributed by atoms with Crippen LogP contribution in [0.5, 0.6) is 0 Å². The molecule has 6 rings (SSSR count). The fraction of sp³-hybridized carbons (Fsp3) is 0.286. The Balaban J connectivity index is 1.60. The van der Waals surface area contributed by atoms with Crippen LogP contribution < -0.4 is 4.90 Å². The van der Waals surface area contributed by atoms with Gasteiger partial charge in [0.2, 0.25) is 0 Å². The molecule has 3 heteroatoms. The van der Waals surface area contributed by atoms with Crippen molar-refractivity contribution in [3.8, 4) is 0 Å². The van der Waals surface area contributed by atoms with Gasteiger partial charge in [-0.25, -0.2) is 0 Å². The van der Waals surface area contributed by atoms with Crippen LogP contribution in [-0.2, 0) is 4.74 Å². The lowest BCUT2D eigenvalue weighted by Crippen LogP contribution is -2.31. The molecular formula is C28H28N2O. The molecule has 3 nitrogen and oxygen atoms in total. The second kappa shape index (κ2) is 6.91. The summed E-state index contributed by atoms with van der Waals surface area (Å²) >= 11 is 0. The summed E-state index contributed by atoms with van der Waals surface area (Å²) in [5.41, 5.74) is 6.29. The first-order valence-electron chi connectivity index (χ1n) is 11.4. The largest absolute Gasteiger partial charge is 0.457 e. The number of allylic oxidation sites excluding steroid dienone is 6. The van der Waals surface area contributed by atoms with Gasteiger partial charge in [0.15, 0.2) is 0 Å². The highest BCUT2D eigenvalue weighted by Crippen LogP contribution is 2.44. The van der Waals surface area contributed by atoms with Crippen LogP contribution >= 0.6 is 0 Å². The number of hydrogen-bond acceptors (Lipinski definition) is 2. The van der Waals surface area contributed by atoms with Gasteiger partial charge in [-0.05, 0) is 69.5 Å². The quantitative estimate of drug-likeness (QED) is 0.435. The minimum atomic E-state index is 0.387. The van der Waals surface area contributed by atoms with Crippen molar-refractivity contribution in [3.63, 3.8) is 0 Å². The Labute approximate surface area is 183 Å². The molecule has 1 unspecified atom stereocenters. The van der Waals surface area contributed by atoms with Crippen molar-refractivity contribution in [2.24, 2.45) is 5.92 Å². The highest BCUT2D eigenvalue weighted by molar-refractivity contribution is 6.09. The maximum Gasteiger partial charge on any atom is 0.146 e. The molecule has 0 radical (unpaired) electrons. The summed E-state index contributed by atoms with van der Waals surface area (Å²) in [7, 11) is 0. The Morgan fingerprint density at radius 1 is 0.968 bits per heavy atom. The average molecular weight is 409 g/mol. The van der Waals surface area contributed by atoms with E-state index in [1.54, 1.807) is 0 Å². The number of hydrogen-bond donors (Lipinski definition) is 0. The number of aromatic nitrogens is 1. The van der Waals surface area contributed by atoms with Crippen LogP contribution in [0.1, 0.15) is 46.1 Å². The van der Waals surface area contributed by atoms with Crippen molar-refractivity contribution >= 4 is 27.5 Å². The topological polar surface area (TPSA) is 17.4 Å². The molecule has 0 amide bonds. The smallest absolute Gasteiger partial charge is 0.146 e. The van der Waals surface area contributed by atoms with Crippen LogP contribution in [0, 0.1) is 5.92 Å². The lowest BCUT2D eigenvalue weighted by Gasteiger charge is -2.39. The fourth-order valence-electron chi connectivity index (χ4n) is 5.35. The predicted molar refractivity (Wildman–Crippen MR) is 129 cm³/mol. The van der Waals surface area contributed by atoms with Gasteiger partial charge >= 0.3 is 0 Å². The predicted octanol–water partition coefficient (Wildman–Crippen LogP) is 7.58. The van der Waals surface area contributed by atoms with Gasteiger partial charge in [0.1, 0.15) is 11.5 Å². The summed E-state index contributed by atoms with van der Waals surface area (Å²) in [6.45, 7) is 6.78. The molecule has 0 N–H and O–H groups in total. The molecule has 3 aliphatic rings. The van der Waals surface area contributed by atoms with E-state index in [0.29, 0.717) is 12.0 Å². The normalized spacial score (nSPS) is 20.6. The summed E-state index contributed by atoms with van der Waals surface area (Å²) in [5.74, 6) is 2.49. The van der Waals surface area contributed by atoms with E-state index in [1.165, 1.54) is 38.9 Å². The summed E-state index contributed by atoms with van der Waals surface area (Å²) in [4.78, 5) is 2.45. The van der Waals surface area contributed by atoms with Gasteiger partial charge in [-0.15, -0.1) is 0 Å². The Morgan fingerprint density at radius 3 is 2.68 bits per heavy atom. The van der Waals surface area contributed by atoms with Crippen LogP contribution in [0.2, 0.25) is 0 Å². The molecule has 1 aromatic heterocycles. The molecule has 1 atom stereocenters. The molecule has 156 valence electrons. The summed E-state index contributed by atoms with van der Waals surface area (Å²) in [5, 5.41) is 2.64. The van der Waals surface area contributed by atoms with Crippen molar-refractivity contribution in [2.75, 3.05) is 4.90 Å². The van der Waals surface area contributed by atoms with E-state index in [1.807, 2.05) is 0 Å². The second-order valence-corrected chi connectivity index (χ2v) is 9.16. The average Bonchev–Trinajstić information content (AvgIpc) is 3.12. The van der Waals surface area contributed by atoms with Crippen molar-refractivity contribution in [2.45, 2.75) is 46.1 Å². The third-order valence-electron chi connectivity index (χ3n) is 6.77. The Morgan fingerprint density at radius 2 is 1.81 bits per heavy atom. The van der Waals surface area contributed by atoms with E-state index in [0.717, 1.165) is 30.8 Å². The Hall–Kier alpha value is -3.20. The molecule has 0 bridgehead atoms. The Kier molecular flexibility index (Phi) is 4.14. The fourth-order valence-corrected chi connectivity index (χ4v) is 5.35. The molecule has 2 aromatic carbocycles. The van der Waals surface area contributed by atoms with E-state index in [-0.39, 0.29) is 0 Å². The zero-order valence-electron chi connectivity index (χ0n) is 18.4. The van der Waals surface area contributed by atoms with Gasteiger partial charge in [-0.2, -0.15) is 0 Å². The van der Waals surface area contributed by atoms with Crippen LogP contribution in [0.3, 0.4) is 0 Å². The van der Waals surface area contributed by atoms with Gasteiger partial charge in [0.05, 0.1) is 11.4 Å². The standard InChI is InChI=1S/C28H28N2O/c1-18(2)29-23-11-5-4-10-21(23)22-17-20(15-16-24(22)29)30-25-12-6-7-14-27(25)31-28-19(3)9-8-13-26(28)30/h4-5,7-8,10-11,13-19H,6,9,12H2,1-3H3. The SMILES string of the molecule is CC1CC=CC2=C1OC1=C(CCC=C1)N2c1ccc2c(c1)c1ccccc1n2C(C)C. The first kappa shape index (κ1) is 18.6. The van der Waals surface area contributed by atoms with E-state index in [2.05, 4.69) is 97.0 Å². The first-order chi connectivity index (χ1) is 15.1. The number of anilines is 1. The van der Waals surface area contributed by atoms with Gasteiger partial charge in [-0.1, -0.05) is 37.3 Å². The van der Waals surface area contributed by atoms with Gasteiger partial charge in [0.25, 0.3) is 0 Å². The second-order valence-electron chi connectivity index (χ2n) is 9.16. The molecule has 2 aliphatic carbocycles. The molecule has 1 aliphatic heterocycles. The van der Waals surface area contributed by atoms with Crippen LogP contribution in [0.25, 0.3) is 21.8 Å². The molecule has 2 heterocycles. The third-order valence-corrected chi connectivity index (χ3v) is 6.77. The van der Waals surface area contributed by atoms with Gasteiger partial charge in [-0.3, -0.25) is 0 Å². The molecule has 0 fully saturated rings. The first-order valence-corrected chi connectivity index (χ1v) is 11.4. The van der Waals surface area contributed by atoms with E-state index >= 15 is 0 Å². The maximum atomic E-state index is 6.43. The summed E-state index contributed by atoms with van der Waals surface area (Å²) in [6.07, 6.45) is 12.0. The lowest BCUT2D eigenvalue weighted by atomic mass is 9.94.